The molecule has 0 bridgehead atoms. The standard InChI is InChI=1S/C21H21N3S/c1-4-16(9-8-15(2)3)21-23-18(14-25-21)13-24-11-10-19-17(12-22)6-5-7-20(19)24/h4-12,14,22H,2,13H2,1,3H3/b9-8-,16-4+,22-12?. The lowest BCUT2D eigenvalue weighted by atomic mass is 10.1. The second-order valence-electron chi connectivity index (χ2n) is 5.94. The van der Waals surface area contributed by atoms with Crippen LogP contribution < -0.4 is 0 Å². The van der Waals surface area contributed by atoms with Crippen LogP contribution in [0.4, 0.5) is 0 Å². The molecule has 4 heteroatoms. The van der Waals surface area contributed by atoms with Crippen LogP contribution in [-0.2, 0) is 6.54 Å². The third kappa shape index (κ3) is 3.69. The Balaban J connectivity index is 1.87. The number of nitrogens with one attached hydrogen (secondary N) is 1. The number of fused-ring (bicyclic) bond motifs is 1. The summed E-state index contributed by atoms with van der Waals surface area (Å²) in [6.07, 6.45) is 9.61. The molecule has 0 saturated heterocycles. The van der Waals surface area contributed by atoms with Crippen LogP contribution in [-0.4, -0.2) is 15.8 Å². The highest BCUT2D eigenvalue weighted by Crippen LogP contribution is 2.24. The molecule has 0 aliphatic heterocycles. The molecule has 2 aromatic heterocycles. The van der Waals surface area contributed by atoms with Crippen molar-refractivity contribution in [2.45, 2.75) is 20.4 Å². The molecule has 1 aromatic carbocycles. The highest BCUT2D eigenvalue weighted by molar-refractivity contribution is 7.10. The normalized spacial score (nSPS) is 12.2. The number of aromatic nitrogens is 2. The predicted molar refractivity (Wildman–Crippen MR) is 109 cm³/mol. The lowest BCUT2D eigenvalue weighted by Gasteiger charge is -2.04. The first kappa shape index (κ1) is 17.1. The first-order valence-electron chi connectivity index (χ1n) is 8.15. The lowest BCUT2D eigenvalue weighted by Crippen LogP contribution is -1.98. The van der Waals surface area contributed by atoms with E-state index in [1.54, 1.807) is 11.3 Å². The zero-order chi connectivity index (χ0) is 17.8. The van der Waals surface area contributed by atoms with Crippen LogP contribution in [0.3, 0.4) is 0 Å². The summed E-state index contributed by atoms with van der Waals surface area (Å²) in [6, 6.07) is 8.11. The topological polar surface area (TPSA) is 41.7 Å². The van der Waals surface area contributed by atoms with E-state index in [1.807, 2.05) is 32.1 Å². The zero-order valence-corrected chi connectivity index (χ0v) is 15.3. The maximum atomic E-state index is 7.53. The van der Waals surface area contributed by atoms with Crippen molar-refractivity contribution in [2.75, 3.05) is 0 Å². The molecule has 0 saturated carbocycles. The van der Waals surface area contributed by atoms with Gasteiger partial charge >= 0.3 is 0 Å². The molecule has 0 atom stereocenters. The molecule has 0 aliphatic rings. The fraction of sp³-hybridized carbons (Fsp3) is 0.143. The van der Waals surface area contributed by atoms with E-state index < -0.39 is 0 Å². The molecule has 0 spiro atoms. The van der Waals surface area contributed by atoms with Crippen molar-refractivity contribution in [3.8, 4) is 0 Å². The summed E-state index contributed by atoms with van der Waals surface area (Å²) >= 11 is 1.66. The molecular formula is C21H21N3S. The van der Waals surface area contributed by atoms with Crippen LogP contribution in [0.25, 0.3) is 16.5 Å². The fourth-order valence-electron chi connectivity index (χ4n) is 2.72. The first-order valence-corrected chi connectivity index (χ1v) is 9.03. The molecule has 0 radical (unpaired) electrons. The van der Waals surface area contributed by atoms with Gasteiger partial charge in [0.2, 0.25) is 0 Å². The molecule has 0 unspecified atom stereocenters. The smallest absolute Gasteiger partial charge is 0.123 e. The summed E-state index contributed by atoms with van der Waals surface area (Å²) in [5.74, 6) is 0. The molecule has 0 fully saturated rings. The number of rotatable bonds is 6. The minimum atomic E-state index is 0.725. The molecule has 126 valence electrons. The van der Waals surface area contributed by atoms with Gasteiger partial charge in [-0.3, -0.25) is 0 Å². The van der Waals surface area contributed by atoms with Crippen molar-refractivity contribution < 1.29 is 0 Å². The Kier molecular flexibility index (Phi) is 5.10. The Labute approximate surface area is 152 Å². The van der Waals surface area contributed by atoms with Gasteiger partial charge in [-0.05, 0) is 26.0 Å². The Morgan fingerprint density at radius 3 is 2.88 bits per heavy atom. The van der Waals surface area contributed by atoms with Gasteiger partial charge in [0.1, 0.15) is 5.01 Å². The average Bonchev–Trinajstić information content (AvgIpc) is 3.23. The zero-order valence-electron chi connectivity index (χ0n) is 14.5. The van der Waals surface area contributed by atoms with Gasteiger partial charge in [-0.15, -0.1) is 11.3 Å². The Morgan fingerprint density at radius 1 is 1.32 bits per heavy atom. The number of hydrogen-bond acceptors (Lipinski definition) is 3. The number of nitrogens with zero attached hydrogens (tertiary/aromatic N) is 2. The summed E-state index contributed by atoms with van der Waals surface area (Å²) in [5.41, 5.74) is 5.25. The van der Waals surface area contributed by atoms with Gasteiger partial charge in [-0.1, -0.05) is 42.5 Å². The van der Waals surface area contributed by atoms with Crippen molar-refractivity contribution in [3.63, 3.8) is 0 Å². The van der Waals surface area contributed by atoms with Gasteiger partial charge in [0, 0.05) is 39.8 Å². The van der Waals surface area contributed by atoms with Crippen molar-refractivity contribution in [3.05, 3.63) is 82.5 Å². The van der Waals surface area contributed by atoms with E-state index in [4.69, 9.17) is 10.4 Å². The second-order valence-corrected chi connectivity index (χ2v) is 6.79. The summed E-state index contributed by atoms with van der Waals surface area (Å²) < 4.78 is 2.18. The van der Waals surface area contributed by atoms with Crippen molar-refractivity contribution in [1.29, 1.82) is 5.41 Å². The third-order valence-corrected chi connectivity index (χ3v) is 4.93. The fourth-order valence-corrected chi connectivity index (χ4v) is 3.59. The highest BCUT2D eigenvalue weighted by atomic mass is 32.1. The first-order chi connectivity index (χ1) is 12.1. The van der Waals surface area contributed by atoms with E-state index in [-0.39, 0.29) is 0 Å². The lowest BCUT2D eigenvalue weighted by molar-refractivity contribution is 0.813. The molecule has 25 heavy (non-hydrogen) atoms. The Morgan fingerprint density at radius 2 is 2.16 bits per heavy atom. The minimum absolute atomic E-state index is 0.725. The molecule has 3 aromatic rings. The van der Waals surface area contributed by atoms with E-state index in [9.17, 15) is 0 Å². The van der Waals surface area contributed by atoms with Crippen LogP contribution in [0.2, 0.25) is 0 Å². The van der Waals surface area contributed by atoms with Crippen LogP contribution >= 0.6 is 11.3 Å². The number of hydrogen-bond donors (Lipinski definition) is 1. The summed E-state index contributed by atoms with van der Waals surface area (Å²) in [7, 11) is 0. The van der Waals surface area contributed by atoms with Crippen LogP contribution in [0.5, 0.6) is 0 Å². The maximum Gasteiger partial charge on any atom is 0.123 e. The third-order valence-electron chi connectivity index (χ3n) is 3.99. The van der Waals surface area contributed by atoms with Crippen molar-refractivity contribution in [2.24, 2.45) is 0 Å². The molecule has 3 nitrogen and oxygen atoms in total. The number of thiazole rings is 1. The van der Waals surface area contributed by atoms with Gasteiger partial charge in [0.05, 0.1) is 12.2 Å². The van der Waals surface area contributed by atoms with E-state index in [0.717, 1.165) is 44.9 Å². The molecule has 3 rings (SSSR count). The van der Waals surface area contributed by atoms with E-state index in [2.05, 4.69) is 47.0 Å². The van der Waals surface area contributed by atoms with Crippen molar-refractivity contribution in [1.82, 2.24) is 9.55 Å². The maximum absolute atomic E-state index is 7.53. The van der Waals surface area contributed by atoms with Gasteiger partial charge in [-0.25, -0.2) is 4.98 Å². The molecule has 0 amide bonds. The largest absolute Gasteiger partial charge is 0.341 e. The molecule has 1 N–H and O–H groups in total. The van der Waals surface area contributed by atoms with Crippen molar-refractivity contribution >= 4 is 34.0 Å². The van der Waals surface area contributed by atoms with Gasteiger partial charge in [0.15, 0.2) is 0 Å². The second kappa shape index (κ2) is 7.45. The van der Waals surface area contributed by atoms with E-state index >= 15 is 0 Å². The monoisotopic (exact) mass is 347 g/mol. The molecular weight excluding hydrogens is 326 g/mol. The van der Waals surface area contributed by atoms with Crippen LogP contribution in [0.15, 0.2) is 66.2 Å². The minimum Gasteiger partial charge on any atom is -0.341 e. The number of benzene rings is 1. The Bertz CT molecular complexity index is 986. The SMILES string of the molecule is C=C(C)/C=C\C(=C/C)c1nc(Cn2ccc3c(C=N)cccc32)cs1. The van der Waals surface area contributed by atoms with Gasteiger partial charge in [-0.2, -0.15) is 0 Å². The molecule has 2 heterocycles. The van der Waals surface area contributed by atoms with Crippen LogP contribution in [0.1, 0.15) is 30.1 Å². The summed E-state index contributed by atoms with van der Waals surface area (Å²) in [6.45, 7) is 8.64. The van der Waals surface area contributed by atoms with Gasteiger partial charge < -0.3 is 9.98 Å². The Hall–Kier alpha value is -2.72. The van der Waals surface area contributed by atoms with E-state index in [0.29, 0.717) is 0 Å². The predicted octanol–water partition coefficient (Wildman–Crippen LogP) is 5.68. The van der Waals surface area contributed by atoms with Crippen LogP contribution in [0, 0.1) is 5.41 Å². The van der Waals surface area contributed by atoms with Gasteiger partial charge in [0.25, 0.3) is 0 Å². The highest BCUT2D eigenvalue weighted by Gasteiger charge is 2.08. The average molecular weight is 347 g/mol. The number of allylic oxidation sites excluding steroid dienone is 5. The molecule has 0 aliphatic carbocycles. The summed E-state index contributed by atoms with van der Waals surface area (Å²) in [5, 5.41) is 11.8. The quantitative estimate of drug-likeness (QED) is 0.452. The van der Waals surface area contributed by atoms with E-state index in [1.165, 1.54) is 6.21 Å². The summed E-state index contributed by atoms with van der Waals surface area (Å²) in [4.78, 5) is 4.79.